The first-order valence-corrected chi connectivity index (χ1v) is 9.53. The van der Waals surface area contributed by atoms with E-state index in [4.69, 9.17) is 9.26 Å². The molecule has 2 unspecified atom stereocenters. The number of halogens is 1. The predicted molar refractivity (Wildman–Crippen MR) is 96.1 cm³/mol. The van der Waals surface area contributed by atoms with Gasteiger partial charge in [-0.1, -0.05) is 24.4 Å². The zero-order chi connectivity index (χ0) is 18.1. The molecule has 1 aromatic carbocycles. The molecule has 2 aliphatic rings. The quantitative estimate of drug-likeness (QED) is 0.826. The van der Waals surface area contributed by atoms with E-state index in [9.17, 15) is 4.39 Å². The molecule has 0 N–H and O–H groups in total. The first-order chi connectivity index (χ1) is 12.6. The molecule has 0 radical (unpaired) electrons. The fourth-order valence-corrected chi connectivity index (χ4v) is 3.87. The highest BCUT2D eigenvalue weighted by atomic mass is 19.1. The van der Waals surface area contributed by atoms with Crippen LogP contribution in [0, 0.1) is 24.6 Å². The average Bonchev–Trinajstić information content (AvgIpc) is 2.96. The lowest BCUT2D eigenvalue weighted by atomic mass is 9.76. The van der Waals surface area contributed by atoms with Gasteiger partial charge in [-0.25, -0.2) is 4.39 Å². The van der Waals surface area contributed by atoms with E-state index in [1.807, 2.05) is 0 Å². The Morgan fingerprint density at radius 2 is 2.12 bits per heavy atom. The third-order valence-corrected chi connectivity index (χ3v) is 5.90. The highest BCUT2D eigenvalue weighted by molar-refractivity contribution is 5.55. The molecule has 1 aliphatic carbocycles. The van der Waals surface area contributed by atoms with Crippen molar-refractivity contribution in [1.29, 1.82) is 0 Å². The van der Waals surface area contributed by atoms with Gasteiger partial charge in [-0.3, -0.25) is 4.90 Å². The summed E-state index contributed by atoms with van der Waals surface area (Å²) in [5, 5.41) is 4.11. The molecule has 2 aromatic rings. The maximum absolute atomic E-state index is 13.5. The lowest BCUT2D eigenvalue weighted by Gasteiger charge is -2.36. The van der Waals surface area contributed by atoms with E-state index < -0.39 is 0 Å². The summed E-state index contributed by atoms with van der Waals surface area (Å²) in [5.74, 6) is 2.28. The van der Waals surface area contributed by atoms with Crippen LogP contribution in [-0.2, 0) is 4.74 Å². The van der Waals surface area contributed by atoms with Crippen LogP contribution in [0.1, 0.15) is 43.7 Å². The molecule has 1 saturated heterocycles. The predicted octanol–water partition coefficient (Wildman–Crippen LogP) is 3.99. The van der Waals surface area contributed by atoms with Gasteiger partial charge < -0.3 is 9.26 Å². The highest BCUT2D eigenvalue weighted by Crippen LogP contribution is 2.36. The van der Waals surface area contributed by atoms with Gasteiger partial charge in [0.15, 0.2) is 0 Å². The van der Waals surface area contributed by atoms with Crippen LogP contribution in [0.2, 0.25) is 0 Å². The summed E-state index contributed by atoms with van der Waals surface area (Å²) in [6, 6.07) is 4.93. The molecular weight excluding hydrogens is 333 g/mol. The lowest BCUT2D eigenvalue weighted by Crippen LogP contribution is -2.37. The van der Waals surface area contributed by atoms with Gasteiger partial charge in [0.25, 0.3) is 0 Å². The number of benzene rings is 1. The SMILES string of the molecule is Cc1cc(-c2noc(C(C)N3CCOCC(C4CCC4)C3)n2)ccc1F. The molecule has 0 bridgehead atoms. The molecule has 2 heterocycles. The Morgan fingerprint density at radius 1 is 1.27 bits per heavy atom. The molecular formula is C20H26FN3O2. The number of ether oxygens (including phenoxy) is 1. The van der Waals surface area contributed by atoms with Crippen LogP contribution in [0.3, 0.4) is 0 Å². The van der Waals surface area contributed by atoms with E-state index in [1.54, 1.807) is 19.1 Å². The maximum Gasteiger partial charge on any atom is 0.244 e. The average molecular weight is 359 g/mol. The second-order valence-corrected chi connectivity index (χ2v) is 7.62. The van der Waals surface area contributed by atoms with Crippen LogP contribution in [0.15, 0.2) is 22.7 Å². The molecule has 1 saturated carbocycles. The van der Waals surface area contributed by atoms with Gasteiger partial charge in [0, 0.05) is 18.7 Å². The Kier molecular flexibility index (Phi) is 5.05. The summed E-state index contributed by atoms with van der Waals surface area (Å²) in [5.41, 5.74) is 1.35. The molecule has 2 atom stereocenters. The van der Waals surface area contributed by atoms with Crippen molar-refractivity contribution in [2.75, 3.05) is 26.3 Å². The second kappa shape index (κ2) is 7.45. The second-order valence-electron chi connectivity index (χ2n) is 7.62. The molecule has 1 aromatic heterocycles. The lowest BCUT2D eigenvalue weighted by molar-refractivity contribution is 0.0756. The number of nitrogens with zero attached hydrogens (tertiary/aromatic N) is 3. The van der Waals surface area contributed by atoms with Crippen molar-refractivity contribution in [3.05, 3.63) is 35.5 Å². The first kappa shape index (κ1) is 17.6. The summed E-state index contributed by atoms with van der Waals surface area (Å²) in [4.78, 5) is 6.97. The number of aromatic nitrogens is 2. The van der Waals surface area contributed by atoms with Crippen molar-refractivity contribution in [2.24, 2.45) is 11.8 Å². The van der Waals surface area contributed by atoms with Crippen LogP contribution >= 0.6 is 0 Å². The minimum Gasteiger partial charge on any atom is -0.380 e. The third-order valence-electron chi connectivity index (χ3n) is 5.90. The number of hydrogen-bond acceptors (Lipinski definition) is 5. The number of aryl methyl sites for hydroxylation is 1. The highest BCUT2D eigenvalue weighted by Gasteiger charge is 2.33. The zero-order valence-corrected chi connectivity index (χ0v) is 15.4. The minimum absolute atomic E-state index is 0.0436. The molecule has 26 heavy (non-hydrogen) atoms. The van der Waals surface area contributed by atoms with E-state index in [2.05, 4.69) is 22.0 Å². The van der Waals surface area contributed by atoms with E-state index in [0.717, 1.165) is 37.8 Å². The van der Waals surface area contributed by atoms with Crippen LogP contribution < -0.4 is 0 Å². The largest absolute Gasteiger partial charge is 0.380 e. The molecule has 1 aliphatic heterocycles. The van der Waals surface area contributed by atoms with Crippen molar-refractivity contribution in [3.63, 3.8) is 0 Å². The van der Waals surface area contributed by atoms with Crippen molar-refractivity contribution >= 4 is 0 Å². The fraction of sp³-hybridized carbons (Fsp3) is 0.600. The van der Waals surface area contributed by atoms with E-state index >= 15 is 0 Å². The summed E-state index contributed by atoms with van der Waals surface area (Å²) in [7, 11) is 0. The third kappa shape index (κ3) is 3.53. The molecule has 0 spiro atoms. The smallest absolute Gasteiger partial charge is 0.244 e. The Hall–Kier alpha value is -1.79. The molecule has 5 nitrogen and oxygen atoms in total. The van der Waals surface area contributed by atoms with Crippen molar-refractivity contribution in [3.8, 4) is 11.4 Å². The van der Waals surface area contributed by atoms with Gasteiger partial charge in [0.1, 0.15) is 5.82 Å². The molecule has 6 heteroatoms. The Morgan fingerprint density at radius 3 is 2.85 bits per heavy atom. The molecule has 140 valence electrons. The van der Waals surface area contributed by atoms with Gasteiger partial charge >= 0.3 is 0 Å². The topological polar surface area (TPSA) is 51.4 Å². The molecule has 4 rings (SSSR count). The normalized spacial score (nSPS) is 23.4. The van der Waals surface area contributed by atoms with Gasteiger partial charge in [-0.05, 0) is 49.4 Å². The molecule has 2 fully saturated rings. The van der Waals surface area contributed by atoms with Gasteiger partial charge in [0.05, 0.1) is 19.3 Å². The minimum atomic E-state index is -0.225. The Labute approximate surface area is 153 Å². The Balaban J connectivity index is 1.49. The number of rotatable bonds is 4. The van der Waals surface area contributed by atoms with E-state index in [0.29, 0.717) is 23.2 Å². The summed E-state index contributed by atoms with van der Waals surface area (Å²) in [6.07, 6.45) is 4.00. The monoisotopic (exact) mass is 359 g/mol. The maximum atomic E-state index is 13.5. The van der Waals surface area contributed by atoms with Crippen LogP contribution in [0.4, 0.5) is 4.39 Å². The summed E-state index contributed by atoms with van der Waals surface area (Å²) < 4.78 is 24.9. The van der Waals surface area contributed by atoms with Gasteiger partial charge in [0.2, 0.25) is 11.7 Å². The standard InChI is InChI=1S/C20H26FN3O2/c1-13-10-16(6-7-18(13)21)19-22-20(26-23-19)14(2)24-8-9-25-12-17(11-24)15-4-3-5-15/h6-7,10,14-15,17H,3-5,8-9,11-12H2,1-2H3. The van der Waals surface area contributed by atoms with E-state index in [-0.39, 0.29) is 11.9 Å². The summed E-state index contributed by atoms with van der Waals surface area (Å²) >= 11 is 0. The fourth-order valence-electron chi connectivity index (χ4n) is 3.87. The van der Waals surface area contributed by atoms with Crippen LogP contribution in [-0.4, -0.2) is 41.3 Å². The first-order valence-electron chi connectivity index (χ1n) is 9.53. The molecule has 0 amide bonds. The van der Waals surface area contributed by atoms with Crippen molar-refractivity contribution in [2.45, 2.75) is 39.2 Å². The summed E-state index contributed by atoms with van der Waals surface area (Å²) in [6.45, 7) is 7.33. The van der Waals surface area contributed by atoms with Crippen molar-refractivity contribution < 1.29 is 13.7 Å². The van der Waals surface area contributed by atoms with Crippen LogP contribution in [0.25, 0.3) is 11.4 Å². The van der Waals surface area contributed by atoms with Crippen molar-refractivity contribution in [1.82, 2.24) is 15.0 Å². The zero-order valence-electron chi connectivity index (χ0n) is 15.4. The van der Waals surface area contributed by atoms with Gasteiger partial charge in [-0.2, -0.15) is 4.98 Å². The van der Waals surface area contributed by atoms with Crippen LogP contribution in [0.5, 0.6) is 0 Å². The Bertz CT molecular complexity index is 759. The van der Waals surface area contributed by atoms with E-state index in [1.165, 1.54) is 25.3 Å². The van der Waals surface area contributed by atoms with Gasteiger partial charge in [-0.15, -0.1) is 0 Å². The number of hydrogen-bond donors (Lipinski definition) is 0.